The third kappa shape index (κ3) is 6.98. The Kier molecular flexibility index (Phi) is 10.8. The van der Waals surface area contributed by atoms with Crippen LogP contribution in [0.4, 0.5) is 4.39 Å². The van der Waals surface area contributed by atoms with Crippen molar-refractivity contribution in [3.8, 4) is 5.75 Å². The lowest BCUT2D eigenvalue weighted by Gasteiger charge is -2.34. The number of nitrogens with one attached hydrogen (secondary N) is 2. The van der Waals surface area contributed by atoms with E-state index >= 15 is 0 Å². The first-order valence-electron chi connectivity index (χ1n) is 9.04. The molecule has 1 aliphatic heterocycles. The van der Waals surface area contributed by atoms with Crippen LogP contribution in [0.25, 0.3) is 0 Å². The highest BCUT2D eigenvalue weighted by molar-refractivity contribution is 14.0. The smallest absolute Gasteiger partial charge is 0.191 e. The second-order valence-corrected chi connectivity index (χ2v) is 7.73. The zero-order valence-corrected chi connectivity index (χ0v) is 19.7. The van der Waals surface area contributed by atoms with Crippen molar-refractivity contribution in [3.63, 3.8) is 0 Å². The average Bonchev–Trinajstić information content (AvgIpc) is 2.67. The number of aliphatic imine (C=N–C) groups is 1. The fourth-order valence-corrected chi connectivity index (χ4v) is 3.72. The average molecular weight is 511 g/mol. The zero-order valence-electron chi connectivity index (χ0n) is 16.5. The zero-order chi connectivity index (χ0) is 19.0. The predicted molar refractivity (Wildman–Crippen MR) is 122 cm³/mol. The molecular formula is C19H31FIN3O2S. The lowest BCUT2D eigenvalue weighted by molar-refractivity contribution is 0.0794. The number of thioether (sulfide) groups is 1. The van der Waals surface area contributed by atoms with Crippen LogP contribution in [-0.4, -0.2) is 50.4 Å². The first-order valence-corrected chi connectivity index (χ1v) is 10.3. The summed E-state index contributed by atoms with van der Waals surface area (Å²) in [6, 6.07) is 4.94. The quantitative estimate of drug-likeness (QED) is 0.330. The Morgan fingerprint density at radius 3 is 2.67 bits per heavy atom. The number of hydrogen-bond donors (Lipinski definition) is 2. The van der Waals surface area contributed by atoms with Gasteiger partial charge < -0.3 is 20.1 Å². The molecule has 1 unspecified atom stereocenters. The molecule has 1 fully saturated rings. The van der Waals surface area contributed by atoms with Gasteiger partial charge in [0, 0.05) is 24.5 Å². The molecule has 154 valence electrons. The summed E-state index contributed by atoms with van der Waals surface area (Å²) in [7, 11) is 1.47. The van der Waals surface area contributed by atoms with Gasteiger partial charge in [-0.15, -0.1) is 24.0 Å². The Balaban J connectivity index is 0.00000364. The Morgan fingerprint density at radius 1 is 1.41 bits per heavy atom. The topological polar surface area (TPSA) is 54.9 Å². The van der Waals surface area contributed by atoms with Gasteiger partial charge in [0.1, 0.15) is 0 Å². The highest BCUT2D eigenvalue weighted by Gasteiger charge is 2.31. The molecule has 1 heterocycles. The van der Waals surface area contributed by atoms with Gasteiger partial charge in [-0.3, -0.25) is 4.99 Å². The van der Waals surface area contributed by atoms with E-state index in [2.05, 4.69) is 16.9 Å². The largest absolute Gasteiger partial charge is 0.494 e. The minimum atomic E-state index is -0.357. The minimum absolute atomic E-state index is 0. The molecule has 0 aromatic heterocycles. The van der Waals surface area contributed by atoms with E-state index in [0.29, 0.717) is 0 Å². The van der Waals surface area contributed by atoms with Gasteiger partial charge in [-0.05, 0) is 50.6 Å². The number of nitrogens with zero attached hydrogens (tertiary/aromatic N) is 1. The van der Waals surface area contributed by atoms with Gasteiger partial charge in [-0.1, -0.05) is 6.07 Å². The number of benzene rings is 1. The van der Waals surface area contributed by atoms with Gasteiger partial charge in [0.15, 0.2) is 17.5 Å². The van der Waals surface area contributed by atoms with Crippen molar-refractivity contribution < 1.29 is 13.9 Å². The lowest BCUT2D eigenvalue weighted by atomic mass is 9.99. The van der Waals surface area contributed by atoms with Crippen molar-refractivity contribution in [1.29, 1.82) is 0 Å². The molecule has 2 rings (SSSR count). The number of guanidine groups is 1. The molecule has 5 nitrogen and oxygen atoms in total. The first-order chi connectivity index (χ1) is 12.5. The summed E-state index contributed by atoms with van der Waals surface area (Å²) in [6.07, 6.45) is 4.16. The Hall–Kier alpha value is -0.740. The summed E-state index contributed by atoms with van der Waals surface area (Å²) < 4.78 is 24.6. The third-order valence-electron chi connectivity index (χ3n) is 4.74. The summed E-state index contributed by atoms with van der Waals surface area (Å²) in [6.45, 7) is 7.12. The first kappa shape index (κ1) is 24.3. The second-order valence-electron chi connectivity index (χ2n) is 6.45. The molecule has 0 saturated carbocycles. The summed E-state index contributed by atoms with van der Waals surface area (Å²) in [5.74, 6) is 0.642. The Bertz CT molecular complexity index is 613. The molecule has 1 aromatic rings. The molecule has 0 aliphatic carbocycles. The minimum Gasteiger partial charge on any atom is -0.494 e. The van der Waals surface area contributed by atoms with E-state index in [-0.39, 0.29) is 46.3 Å². The van der Waals surface area contributed by atoms with Crippen molar-refractivity contribution in [2.75, 3.05) is 39.7 Å². The van der Waals surface area contributed by atoms with Crippen LogP contribution >= 0.6 is 35.7 Å². The summed E-state index contributed by atoms with van der Waals surface area (Å²) >= 11 is 1.87. The predicted octanol–water partition coefficient (Wildman–Crippen LogP) is 3.98. The summed E-state index contributed by atoms with van der Waals surface area (Å²) in [5, 5.41) is 6.65. The number of halogens is 2. The molecule has 2 N–H and O–H groups in total. The molecular weight excluding hydrogens is 480 g/mol. The van der Waals surface area contributed by atoms with E-state index in [1.807, 2.05) is 31.7 Å². The van der Waals surface area contributed by atoms with Crippen LogP contribution in [0.2, 0.25) is 0 Å². The van der Waals surface area contributed by atoms with Gasteiger partial charge in [-0.25, -0.2) is 4.39 Å². The van der Waals surface area contributed by atoms with Crippen LogP contribution in [-0.2, 0) is 4.74 Å². The van der Waals surface area contributed by atoms with Crippen molar-refractivity contribution in [3.05, 3.63) is 29.6 Å². The molecule has 1 aromatic carbocycles. The van der Waals surface area contributed by atoms with Gasteiger partial charge >= 0.3 is 0 Å². The molecule has 27 heavy (non-hydrogen) atoms. The van der Waals surface area contributed by atoms with E-state index in [9.17, 15) is 4.39 Å². The SMILES string of the molecule is CCNC(=NCC1(SC)CCOCC1)NC(C)c1ccc(OC)c(F)c1.I. The number of methoxy groups -OCH3 is 1. The molecule has 0 amide bonds. The van der Waals surface area contributed by atoms with Crippen LogP contribution in [0.5, 0.6) is 5.75 Å². The van der Waals surface area contributed by atoms with Crippen LogP contribution in [0.3, 0.4) is 0 Å². The monoisotopic (exact) mass is 511 g/mol. The van der Waals surface area contributed by atoms with Crippen molar-refractivity contribution >= 4 is 41.7 Å². The molecule has 0 spiro atoms. The third-order valence-corrected chi connectivity index (χ3v) is 6.14. The van der Waals surface area contributed by atoms with Gasteiger partial charge in [0.25, 0.3) is 0 Å². The van der Waals surface area contributed by atoms with Gasteiger partial charge in [-0.2, -0.15) is 11.8 Å². The van der Waals surface area contributed by atoms with Crippen molar-refractivity contribution in [1.82, 2.24) is 10.6 Å². The summed E-state index contributed by atoms with van der Waals surface area (Å²) in [4.78, 5) is 4.80. The molecule has 0 radical (unpaired) electrons. The van der Waals surface area contributed by atoms with Crippen molar-refractivity contribution in [2.45, 2.75) is 37.5 Å². The lowest BCUT2D eigenvalue weighted by Crippen LogP contribution is -2.41. The normalized spacial score (nSPS) is 17.6. The number of rotatable bonds is 7. The Labute approximate surface area is 183 Å². The Morgan fingerprint density at radius 2 is 2.11 bits per heavy atom. The maximum atomic E-state index is 14.0. The highest BCUT2D eigenvalue weighted by atomic mass is 127. The highest BCUT2D eigenvalue weighted by Crippen LogP contribution is 2.34. The van der Waals surface area contributed by atoms with Gasteiger partial charge in [0.05, 0.1) is 19.7 Å². The number of ether oxygens (including phenoxy) is 2. The van der Waals surface area contributed by atoms with E-state index in [1.165, 1.54) is 13.2 Å². The molecule has 1 aliphatic rings. The fourth-order valence-electron chi connectivity index (χ4n) is 2.95. The summed E-state index contributed by atoms with van der Waals surface area (Å²) in [5.41, 5.74) is 0.847. The van der Waals surface area contributed by atoms with Crippen molar-refractivity contribution in [2.24, 2.45) is 4.99 Å². The van der Waals surface area contributed by atoms with E-state index in [0.717, 1.165) is 50.7 Å². The number of hydrogen-bond acceptors (Lipinski definition) is 4. The van der Waals surface area contributed by atoms with Crippen LogP contribution < -0.4 is 15.4 Å². The van der Waals surface area contributed by atoms with E-state index < -0.39 is 0 Å². The van der Waals surface area contributed by atoms with Crippen LogP contribution in [0, 0.1) is 5.82 Å². The van der Waals surface area contributed by atoms with Crippen LogP contribution in [0.15, 0.2) is 23.2 Å². The molecule has 1 saturated heterocycles. The van der Waals surface area contributed by atoms with E-state index in [4.69, 9.17) is 14.5 Å². The maximum absolute atomic E-state index is 14.0. The molecule has 0 bridgehead atoms. The second kappa shape index (κ2) is 12.0. The van der Waals surface area contributed by atoms with Crippen LogP contribution in [0.1, 0.15) is 38.3 Å². The fraction of sp³-hybridized carbons (Fsp3) is 0.632. The standard InChI is InChI=1S/C19H30FN3O2S.HI/c1-5-21-18(22-13-19(26-4)8-10-25-11-9-19)23-14(2)15-6-7-17(24-3)16(20)12-15;/h6-7,12,14H,5,8-11,13H2,1-4H3,(H2,21,22,23);1H. The van der Waals surface area contributed by atoms with Gasteiger partial charge in [0.2, 0.25) is 0 Å². The molecule has 1 atom stereocenters. The maximum Gasteiger partial charge on any atom is 0.191 e. The van der Waals surface area contributed by atoms with E-state index in [1.54, 1.807) is 6.07 Å². The molecule has 8 heteroatoms.